The van der Waals surface area contributed by atoms with Crippen LogP contribution in [0, 0.1) is 23.6 Å². The molecule has 0 radical (unpaired) electrons. The van der Waals surface area contributed by atoms with Gasteiger partial charge in [0.15, 0.2) is 0 Å². The molecule has 3 nitrogen and oxygen atoms in total. The molecule has 0 heterocycles. The number of benzene rings is 1. The van der Waals surface area contributed by atoms with Crippen LogP contribution < -0.4 is 10.6 Å². The molecular weight excluding hydrogens is 315 g/mol. The topological polar surface area (TPSA) is 41.1 Å². The summed E-state index contributed by atoms with van der Waals surface area (Å²) in [6.07, 6.45) is 7.80. The maximum Gasteiger partial charge on any atom is 0.238 e. The molecular formula is C18H22ClFN2O. The van der Waals surface area contributed by atoms with Crippen molar-refractivity contribution < 1.29 is 9.18 Å². The zero-order valence-corrected chi connectivity index (χ0v) is 13.8. The van der Waals surface area contributed by atoms with E-state index in [9.17, 15) is 9.18 Å². The van der Waals surface area contributed by atoms with E-state index in [0.717, 1.165) is 17.8 Å². The molecule has 4 aliphatic rings. The van der Waals surface area contributed by atoms with Gasteiger partial charge in [-0.15, -0.1) is 0 Å². The van der Waals surface area contributed by atoms with Crippen molar-refractivity contribution in [1.82, 2.24) is 5.32 Å². The van der Waals surface area contributed by atoms with Crippen LogP contribution >= 0.6 is 11.6 Å². The minimum atomic E-state index is -0.403. The highest BCUT2D eigenvalue weighted by atomic mass is 35.5. The number of rotatable bonds is 4. The molecule has 1 aromatic carbocycles. The summed E-state index contributed by atoms with van der Waals surface area (Å²) in [6, 6.07) is 4.01. The highest BCUT2D eigenvalue weighted by Gasteiger charge is 2.50. The van der Waals surface area contributed by atoms with Crippen molar-refractivity contribution in [2.24, 2.45) is 17.8 Å². The van der Waals surface area contributed by atoms with Crippen LogP contribution in [-0.2, 0) is 4.79 Å². The number of hydrogen-bond donors (Lipinski definition) is 2. The second kappa shape index (κ2) is 5.75. The van der Waals surface area contributed by atoms with Gasteiger partial charge in [0.25, 0.3) is 0 Å². The predicted molar refractivity (Wildman–Crippen MR) is 88.9 cm³/mol. The summed E-state index contributed by atoms with van der Waals surface area (Å²) in [7, 11) is 0. The van der Waals surface area contributed by atoms with Gasteiger partial charge in [-0.1, -0.05) is 11.6 Å². The van der Waals surface area contributed by atoms with Gasteiger partial charge in [0.2, 0.25) is 5.91 Å². The highest BCUT2D eigenvalue weighted by molar-refractivity contribution is 6.33. The predicted octanol–water partition coefficient (Wildman–Crippen LogP) is 3.98. The number of hydrogen-bond acceptors (Lipinski definition) is 2. The minimum absolute atomic E-state index is 0.116. The third-order valence-corrected chi connectivity index (χ3v) is 6.18. The molecule has 0 atom stereocenters. The molecule has 4 fully saturated rings. The molecule has 0 spiro atoms. The van der Waals surface area contributed by atoms with Gasteiger partial charge in [0, 0.05) is 5.54 Å². The molecule has 4 saturated carbocycles. The van der Waals surface area contributed by atoms with E-state index >= 15 is 0 Å². The molecule has 4 bridgehead atoms. The lowest BCUT2D eigenvalue weighted by Gasteiger charge is -2.57. The number of halogens is 2. The van der Waals surface area contributed by atoms with Crippen LogP contribution in [0.25, 0.3) is 0 Å². The number of carbonyl (C=O) groups is 1. The molecule has 0 saturated heterocycles. The SMILES string of the molecule is O=C(CNC12CC3CC(CC(C3)C1)C2)Nc1ccc(F)cc1Cl. The molecule has 5 rings (SSSR count). The second-order valence-electron chi connectivity index (χ2n) is 7.72. The lowest BCUT2D eigenvalue weighted by Crippen LogP contribution is -2.59. The first-order valence-electron chi connectivity index (χ1n) is 8.51. The average Bonchev–Trinajstić information content (AvgIpc) is 2.47. The van der Waals surface area contributed by atoms with Crippen molar-refractivity contribution in [2.75, 3.05) is 11.9 Å². The third kappa shape index (κ3) is 3.11. The van der Waals surface area contributed by atoms with E-state index in [2.05, 4.69) is 10.6 Å². The van der Waals surface area contributed by atoms with Crippen molar-refractivity contribution in [1.29, 1.82) is 0 Å². The van der Waals surface area contributed by atoms with E-state index in [-0.39, 0.29) is 16.5 Å². The van der Waals surface area contributed by atoms with Crippen LogP contribution in [0.15, 0.2) is 18.2 Å². The minimum Gasteiger partial charge on any atom is -0.324 e. The van der Waals surface area contributed by atoms with Crippen LogP contribution in [0.4, 0.5) is 10.1 Å². The molecule has 0 aliphatic heterocycles. The van der Waals surface area contributed by atoms with Crippen LogP contribution in [0.5, 0.6) is 0 Å². The van der Waals surface area contributed by atoms with Crippen LogP contribution in [0.1, 0.15) is 38.5 Å². The lowest BCUT2D eigenvalue weighted by molar-refractivity contribution is -0.116. The van der Waals surface area contributed by atoms with Gasteiger partial charge in [0.1, 0.15) is 5.82 Å². The van der Waals surface area contributed by atoms with Crippen molar-refractivity contribution in [2.45, 2.75) is 44.1 Å². The van der Waals surface area contributed by atoms with Crippen LogP contribution in [0.2, 0.25) is 5.02 Å². The summed E-state index contributed by atoms with van der Waals surface area (Å²) in [5, 5.41) is 6.55. The summed E-state index contributed by atoms with van der Waals surface area (Å²) in [4.78, 5) is 12.2. The van der Waals surface area contributed by atoms with Gasteiger partial charge in [-0.05, 0) is 74.5 Å². The number of anilines is 1. The van der Waals surface area contributed by atoms with Crippen molar-refractivity contribution in [3.05, 3.63) is 29.0 Å². The van der Waals surface area contributed by atoms with E-state index < -0.39 is 5.82 Å². The Morgan fingerprint density at radius 2 is 1.78 bits per heavy atom. The summed E-state index contributed by atoms with van der Waals surface area (Å²) in [6.45, 7) is 0.292. The van der Waals surface area contributed by atoms with Crippen LogP contribution in [-0.4, -0.2) is 18.0 Å². The summed E-state index contributed by atoms with van der Waals surface area (Å²) < 4.78 is 13.0. The van der Waals surface area contributed by atoms with E-state index in [4.69, 9.17) is 11.6 Å². The number of amides is 1. The van der Waals surface area contributed by atoms with Crippen molar-refractivity contribution >= 4 is 23.2 Å². The highest BCUT2D eigenvalue weighted by Crippen LogP contribution is 2.55. The fourth-order valence-corrected chi connectivity index (χ4v) is 5.59. The summed E-state index contributed by atoms with van der Waals surface area (Å²) >= 11 is 5.96. The monoisotopic (exact) mass is 336 g/mol. The summed E-state index contributed by atoms with van der Waals surface area (Å²) in [5.41, 5.74) is 0.629. The normalized spacial score (nSPS) is 34.6. The first-order chi connectivity index (χ1) is 11.0. The molecule has 0 unspecified atom stereocenters. The zero-order chi connectivity index (χ0) is 16.0. The maximum atomic E-state index is 13.0. The van der Waals surface area contributed by atoms with E-state index in [1.165, 1.54) is 56.7 Å². The van der Waals surface area contributed by atoms with Gasteiger partial charge in [-0.2, -0.15) is 0 Å². The fourth-order valence-electron chi connectivity index (χ4n) is 5.38. The molecule has 1 aromatic rings. The maximum absolute atomic E-state index is 13.0. The Balaban J connectivity index is 1.36. The average molecular weight is 337 g/mol. The first-order valence-corrected chi connectivity index (χ1v) is 8.89. The molecule has 124 valence electrons. The lowest BCUT2D eigenvalue weighted by atomic mass is 9.53. The van der Waals surface area contributed by atoms with E-state index in [1.54, 1.807) is 0 Å². The summed E-state index contributed by atoms with van der Waals surface area (Å²) in [5.74, 6) is 2.03. The number of carbonyl (C=O) groups excluding carboxylic acids is 1. The smallest absolute Gasteiger partial charge is 0.238 e. The Bertz CT molecular complexity index is 598. The Labute approximate surface area is 141 Å². The molecule has 0 aromatic heterocycles. The van der Waals surface area contributed by atoms with Crippen molar-refractivity contribution in [3.8, 4) is 0 Å². The second-order valence-corrected chi connectivity index (χ2v) is 8.13. The Kier molecular flexibility index (Phi) is 3.85. The quantitative estimate of drug-likeness (QED) is 0.873. The molecule has 4 aliphatic carbocycles. The fraction of sp³-hybridized carbons (Fsp3) is 0.611. The molecule has 1 amide bonds. The molecule has 23 heavy (non-hydrogen) atoms. The van der Waals surface area contributed by atoms with Gasteiger partial charge in [-0.25, -0.2) is 4.39 Å². The van der Waals surface area contributed by atoms with E-state index in [0.29, 0.717) is 12.2 Å². The first kappa shape index (κ1) is 15.4. The van der Waals surface area contributed by atoms with Gasteiger partial charge >= 0.3 is 0 Å². The Hall–Kier alpha value is -1.13. The third-order valence-electron chi connectivity index (χ3n) is 5.87. The van der Waals surface area contributed by atoms with Crippen LogP contribution in [0.3, 0.4) is 0 Å². The standard InChI is InChI=1S/C18H22ClFN2O/c19-15-6-14(20)1-2-16(15)22-17(23)10-21-18-7-11-3-12(8-18)5-13(4-11)9-18/h1-2,6,11-13,21H,3-5,7-10H2,(H,22,23). The largest absolute Gasteiger partial charge is 0.324 e. The Morgan fingerprint density at radius 1 is 1.17 bits per heavy atom. The van der Waals surface area contributed by atoms with Crippen molar-refractivity contribution in [3.63, 3.8) is 0 Å². The zero-order valence-electron chi connectivity index (χ0n) is 13.1. The number of nitrogens with one attached hydrogen (secondary N) is 2. The van der Waals surface area contributed by atoms with Gasteiger partial charge in [0.05, 0.1) is 17.3 Å². The Morgan fingerprint density at radius 3 is 2.35 bits per heavy atom. The molecule has 5 heteroatoms. The van der Waals surface area contributed by atoms with Gasteiger partial charge < -0.3 is 10.6 Å². The molecule has 2 N–H and O–H groups in total. The van der Waals surface area contributed by atoms with E-state index in [1.807, 2.05) is 0 Å². The van der Waals surface area contributed by atoms with Gasteiger partial charge in [-0.3, -0.25) is 4.79 Å².